The summed E-state index contributed by atoms with van der Waals surface area (Å²) in [5, 5.41) is 3.58. The molecule has 2 aliphatic rings. The topological polar surface area (TPSA) is 28.2 Å². The van der Waals surface area contributed by atoms with Crippen LogP contribution in [0.25, 0.3) is 11.1 Å². The maximum Gasteiger partial charge on any atom is 0.0485 e. The van der Waals surface area contributed by atoms with Crippen LogP contribution in [0, 0.1) is 6.92 Å². The first kappa shape index (κ1) is 22.3. The molecule has 3 heteroatoms. The monoisotopic (exact) mass is 427 g/mol. The normalized spacial score (nSPS) is 17.8. The smallest absolute Gasteiger partial charge is 0.0485 e. The number of hydrogen-bond donors (Lipinski definition) is 1. The summed E-state index contributed by atoms with van der Waals surface area (Å²) >= 11 is 0. The average molecular weight is 428 g/mol. The van der Waals surface area contributed by atoms with Crippen molar-refractivity contribution in [3.63, 3.8) is 0 Å². The Morgan fingerprint density at radius 3 is 2.94 bits per heavy atom. The molecule has 0 saturated carbocycles. The Hall–Kier alpha value is -2.91. The quantitative estimate of drug-likeness (QED) is 0.437. The Morgan fingerprint density at radius 1 is 1.28 bits per heavy atom. The van der Waals surface area contributed by atoms with Crippen molar-refractivity contribution in [2.24, 2.45) is 0 Å². The molecule has 0 spiro atoms. The van der Waals surface area contributed by atoms with Crippen LogP contribution >= 0.6 is 0 Å². The fraction of sp³-hybridized carbons (Fsp3) is 0.345. The number of likely N-dealkylation sites (N-methyl/N-ethyl adjacent to an activating group) is 1. The van der Waals surface area contributed by atoms with Gasteiger partial charge in [-0.1, -0.05) is 43.0 Å². The molecule has 2 heterocycles. The Bertz CT molecular complexity index is 1080. The van der Waals surface area contributed by atoms with Crippen molar-refractivity contribution in [2.75, 3.05) is 26.7 Å². The van der Waals surface area contributed by atoms with Gasteiger partial charge in [-0.15, -0.1) is 6.58 Å². The standard InChI is InChI=1S/C29H35N3.H2/c1-5-7-8-10-22-17-23(14-13-21(22)3)26-11-9-12-28-27(26)18-24(19-31-28)25(6-2)29-20-32(4)16-15-30-29;/h5-6,11,13-14,17-19,30H,1-2,7-10,12,15-16,20H2,3-4H3;1H/b29-25+;. The number of benzene rings is 1. The number of fused-ring (bicyclic) bond motifs is 1. The van der Waals surface area contributed by atoms with Gasteiger partial charge in [-0.3, -0.25) is 9.88 Å². The lowest BCUT2D eigenvalue weighted by atomic mass is 9.86. The van der Waals surface area contributed by atoms with Gasteiger partial charge in [0.15, 0.2) is 0 Å². The Labute approximate surface area is 194 Å². The minimum atomic E-state index is 0. The number of nitrogens with one attached hydrogen (secondary N) is 1. The third-order valence-corrected chi connectivity index (χ3v) is 6.60. The van der Waals surface area contributed by atoms with E-state index in [-0.39, 0.29) is 1.43 Å². The maximum atomic E-state index is 4.90. The Morgan fingerprint density at radius 2 is 2.16 bits per heavy atom. The zero-order valence-corrected chi connectivity index (χ0v) is 19.6. The molecule has 0 bridgehead atoms. The molecule has 1 aromatic heterocycles. The highest BCUT2D eigenvalue weighted by molar-refractivity contribution is 5.85. The van der Waals surface area contributed by atoms with Gasteiger partial charge in [0.2, 0.25) is 0 Å². The molecule has 0 radical (unpaired) electrons. The predicted octanol–water partition coefficient (Wildman–Crippen LogP) is 5.95. The second-order valence-corrected chi connectivity index (χ2v) is 8.96. The summed E-state index contributed by atoms with van der Waals surface area (Å²) in [6, 6.07) is 9.25. The van der Waals surface area contributed by atoms with E-state index in [0.29, 0.717) is 0 Å². The summed E-state index contributed by atoms with van der Waals surface area (Å²) in [7, 11) is 2.16. The Balaban J connectivity index is 0.00000306. The molecule has 0 atom stereocenters. The van der Waals surface area contributed by atoms with Crippen molar-refractivity contribution in [1.82, 2.24) is 15.2 Å². The first-order chi connectivity index (χ1) is 15.6. The highest BCUT2D eigenvalue weighted by atomic mass is 15.2. The van der Waals surface area contributed by atoms with Crippen molar-refractivity contribution in [1.29, 1.82) is 0 Å². The van der Waals surface area contributed by atoms with Crippen LogP contribution in [-0.2, 0) is 12.8 Å². The molecule has 0 amide bonds. The summed E-state index contributed by atoms with van der Waals surface area (Å²) < 4.78 is 0. The van der Waals surface area contributed by atoms with E-state index in [1.165, 1.54) is 39.2 Å². The number of unbranched alkanes of at least 4 members (excludes halogenated alkanes) is 1. The molecule has 1 aliphatic carbocycles. The van der Waals surface area contributed by atoms with Gasteiger partial charge in [0.1, 0.15) is 0 Å². The van der Waals surface area contributed by atoms with Gasteiger partial charge in [-0.05, 0) is 74.4 Å². The fourth-order valence-corrected chi connectivity index (χ4v) is 4.75. The summed E-state index contributed by atoms with van der Waals surface area (Å²) in [4.78, 5) is 7.24. The van der Waals surface area contributed by atoms with Crippen LogP contribution in [-0.4, -0.2) is 36.6 Å². The summed E-state index contributed by atoms with van der Waals surface area (Å²) in [5.41, 5.74) is 11.4. The van der Waals surface area contributed by atoms with E-state index in [9.17, 15) is 0 Å². The molecule has 1 aromatic carbocycles. The van der Waals surface area contributed by atoms with Crippen molar-refractivity contribution in [3.8, 4) is 0 Å². The second-order valence-electron chi connectivity index (χ2n) is 8.96. The summed E-state index contributed by atoms with van der Waals surface area (Å²) in [6.07, 6.45) is 13.7. The van der Waals surface area contributed by atoms with E-state index >= 15 is 0 Å². The number of rotatable bonds is 7. The zero-order chi connectivity index (χ0) is 22.5. The number of hydrogen-bond acceptors (Lipinski definition) is 3. The molecular formula is C29H37N3. The number of nitrogens with zero attached hydrogens (tertiary/aromatic N) is 2. The van der Waals surface area contributed by atoms with Gasteiger partial charge >= 0.3 is 0 Å². The number of aromatic nitrogens is 1. The van der Waals surface area contributed by atoms with Crippen LogP contribution in [0.15, 0.2) is 67.5 Å². The van der Waals surface area contributed by atoms with E-state index in [0.717, 1.165) is 62.9 Å². The molecule has 3 nitrogen and oxygen atoms in total. The first-order valence-electron chi connectivity index (χ1n) is 11.8. The van der Waals surface area contributed by atoms with Crippen LogP contribution in [0.3, 0.4) is 0 Å². The van der Waals surface area contributed by atoms with Crippen LogP contribution in [0.2, 0.25) is 0 Å². The highest BCUT2D eigenvalue weighted by Gasteiger charge is 2.19. The van der Waals surface area contributed by atoms with E-state index in [4.69, 9.17) is 4.98 Å². The van der Waals surface area contributed by atoms with Gasteiger partial charge in [0.05, 0.1) is 0 Å². The minimum Gasteiger partial charge on any atom is -0.386 e. The molecule has 2 aromatic rings. The van der Waals surface area contributed by atoms with Crippen LogP contribution in [0.5, 0.6) is 0 Å². The largest absolute Gasteiger partial charge is 0.386 e. The highest BCUT2D eigenvalue weighted by Crippen LogP contribution is 2.34. The number of allylic oxidation sites excluding steroid dienone is 4. The van der Waals surface area contributed by atoms with Crippen molar-refractivity contribution in [2.45, 2.75) is 39.0 Å². The van der Waals surface area contributed by atoms with E-state index in [1.54, 1.807) is 0 Å². The maximum absolute atomic E-state index is 4.90. The van der Waals surface area contributed by atoms with E-state index in [1.807, 2.05) is 18.3 Å². The molecule has 0 unspecified atom stereocenters. The fourth-order valence-electron chi connectivity index (χ4n) is 4.75. The van der Waals surface area contributed by atoms with Crippen LogP contribution in [0.1, 0.15) is 54.2 Å². The van der Waals surface area contributed by atoms with Gasteiger partial charge in [0, 0.05) is 55.3 Å². The average Bonchev–Trinajstić information content (AvgIpc) is 2.81. The second kappa shape index (κ2) is 10.1. The summed E-state index contributed by atoms with van der Waals surface area (Å²) in [5.74, 6) is 0. The third kappa shape index (κ3) is 4.78. The van der Waals surface area contributed by atoms with Gasteiger partial charge in [-0.2, -0.15) is 0 Å². The van der Waals surface area contributed by atoms with Gasteiger partial charge in [-0.25, -0.2) is 0 Å². The number of pyridine rings is 1. The zero-order valence-electron chi connectivity index (χ0n) is 19.6. The molecule has 1 N–H and O–H groups in total. The molecular weight excluding hydrogens is 390 g/mol. The molecule has 168 valence electrons. The van der Waals surface area contributed by atoms with Crippen LogP contribution in [0.4, 0.5) is 0 Å². The minimum absolute atomic E-state index is 0. The van der Waals surface area contributed by atoms with Crippen molar-refractivity contribution in [3.05, 3.63) is 101 Å². The van der Waals surface area contributed by atoms with E-state index in [2.05, 4.69) is 67.7 Å². The Kier molecular flexibility index (Phi) is 7.06. The molecule has 32 heavy (non-hydrogen) atoms. The molecule has 1 saturated heterocycles. The lowest BCUT2D eigenvalue weighted by molar-refractivity contribution is 0.324. The third-order valence-electron chi connectivity index (χ3n) is 6.60. The van der Waals surface area contributed by atoms with Crippen molar-refractivity contribution >= 4 is 11.1 Å². The van der Waals surface area contributed by atoms with Gasteiger partial charge < -0.3 is 5.32 Å². The van der Waals surface area contributed by atoms with Gasteiger partial charge in [0.25, 0.3) is 0 Å². The lowest BCUT2D eigenvalue weighted by Gasteiger charge is -2.28. The molecule has 4 rings (SSSR count). The predicted molar refractivity (Wildman–Crippen MR) is 139 cm³/mol. The number of piperazine rings is 1. The van der Waals surface area contributed by atoms with Crippen molar-refractivity contribution < 1.29 is 1.43 Å². The SMILES string of the molecule is C=CCCCc1cc(C2=CCCc3ncc(/C(C=C)=C4\CN(C)CCN4)cc32)ccc1C.[HH]. The summed E-state index contributed by atoms with van der Waals surface area (Å²) in [6.45, 7) is 13.1. The lowest BCUT2D eigenvalue weighted by Crippen LogP contribution is -2.40. The molecule has 1 aliphatic heterocycles. The van der Waals surface area contributed by atoms with E-state index < -0.39 is 0 Å². The molecule has 1 fully saturated rings. The van der Waals surface area contributed by atoms with Crippen LogP contribution < -0.4 is 5.32 Å². The first-order valence-corrected chi connectivity index (χ1v) is 11.8. The number of aryl methyl sites for hydroxylation is 3.